The molecule has 0 aliphatic heterocycles. The molecule has 2 amide bonds. The maximum atomic E-state index is 12.7. The fourth-order valence-corrected chi connectivity index (χ4v) is 2.98. The van der Waals surface area contributed by atoms with Gasteiger partial charge in [-0.05, 0) is 36.4 Å². The summed E-state index contributed by atoms with van der Waals surface area (Å²) < 4.78 is 5.15. The molecule has 0 bridgehead atoms. The molecule has 4 rings (SSSR count). The third kappa shape index (κ3) is 4.10. The molecule has 0 saturated carbocycles. The molecule has 0 atom stereocenters. The van der Waals surface area contributed by atoms with Crippen LogP contribution in [-0.4, -0.2) is 28.9 Å². The van der Waals surface area contributed by atoms with Crippen LogP contribution in [0, 0.1) is 0 Å². The smallest absolute Gasteiger partial charge is 0.274 e. The summed E-state index contributed by atoms with van der Waals surface area (Å²) in [4.78, 5) is 33.8. The summed E-state index contributed by atoms with van der Waals surface area (Å²) in [6.45, 7) is 0. The Morgan fingerprint density at radius 2 is 1.53 bits per heavy atom. The van der Waals surface area contributed by atoms with Crippen molar-refractivity contribution in [2.45, 2.75) is 0 Å². The van der Waals surface area contributed by atoms with E-state index in [1.54, 1.807) is 61.8 Å². The number of fused-ring (bicyclic) bond motifs is 1. The molecular weight excluding hydrogens is 380 g/mol. The van der Waals surface area contributed by atoms with Crippen molar-refractivity contribution in [2.24, 2.45) is 0 Å². The fourth-order valence-electron chi connectivity index (χ4n) is 2.98. The highest BCUT2D eigenvalue weighted by Gasteiger charge is 2.14. The van der Waals surface area contributed by atoms with Crippen molar-refractivity contribution in [3.8, 4) is 5.75 Å². The van der Waals surface area contributed by atoms with Gasteiger partial charge in [-0.3, -0.25) is 14.6 Å². The molecule has 2 aromatic carbocycles. The zero-order chi connectivity index (χ0) is 20.9. The van der Waals surface area contributed by atoms with Gasteiger partial charge >= 0.3 is 0 Å². The first kappa shape index (κ1) is 19.1. The molecule has 4 aromatic rings. The van der Waals surface area contributed by atoms with Crippen LogP contribution in [0.1, 0.15) is 21.0 Å². The summed E-state index contributed by atoms with van der Waals surface area (Å²) in [6, 6.07) is 21.0. The first-order chi connectivity index (χ1) is 14.6. The molecule has 30 heavy (non-hydrogen) atoms. The molecule has 2 aromatic heterocycles. The number of nitrogens with zero attached hydrogens (tertiary/aromatic N) is 2. The maximum Gasteiger partial charge on any atom is 0.274 e. The minimum Gasteiger partial charge on any atom is -0.497 e. The van der Waals surface area contributed by atoms with Gasteiger partial charge in [0, 0.05) is 23.3 Å². The summed E-state index contributed by atoms with van der Waals surface area (Å²) in [5.41, 5.74) is 2.08. The van der Waals surface area contributed by atoms with Crippen LogP contribution in [-0.2, 0) is 0 Å². The molecule has 0 aliphatic carbocycles. The highest BCUT2D eigenvalue weighted by atomic mass is 16.5. The van der Waals surface area contributed by atoms with Crippen LogP contribution in [0.3, 0.4) is 0 Å². The van der Waals surface area contributed by atoms with Gasteiger partial charge in [0.25, 0.3) is 11.8 Å². The lowest BCUT2D eigenvalue weighted by Crippen LogP contribution is -2.18. The first-order valence-corrected chi connectivity index (χ1v) is 9.21. The van der Waals surface area contributed by atoms with Crippen LogP contribution in [0.25, 0.3) is 10.9 Å². The lowest BCUT2D eigenvalue weighted by molar-refractivity contribution is 0.101. The number of ether oxygens (including phenoxy) is 1. The number of hydrogen-bond acceptors (Lipinski definition) is 5. The Morgan fingerprint density at radius 1 is 0.833 bits per heavy atom. The number of methoxy groups -OCH3 is 1. The third-order valence-electron chi connectivity index (χ3n) is 4.42. The summed E-state index contributed by atoms with van der Waals surface area (Å²) in [7, 11) is 1.55. The third-order valence-corrected chi connectivity index (χ3v) is 4.42. The number of para-hydroxylation sites is 1. The van der Waals surface area contributed by atoms with E-state index in [1.807, 2.05) is 24.3 Å². The zero-order valence-corrected chi connectivity index (χ0v) is 16.1. The van der Waals surface area contributed by atoms with Gasteiger partial charge in [-0.25, -0.2) is 4.98 Å². The summed E-state index contributed by atoms with van der Waals surface area (Å²) in [5, 5.41) is 6.48. The fraction of sp³-hybridized carbons (Fsp3) is 0.0435. The summed E-state index contributed by atoms with van der Waals surface area (Å²) in [6.07, 6.45) is 1.67. The molecule has 7 nitrogen and oxygen atoms in total. The van der Waals surface area contributed by atoms with Crippen LogP contribution in [0.5, 0.6) is 5.75 Å². The molecule has 7 heteroatoms. The Bertz CT molecular complexity index is 1230. The lowest BCUT2D eigenvalue weighted by Gasteiger charge is -2.09. The predicted octanol–water partition coefficient (Wildman–Crippen LogP) is 4.14. The van der Waals surface area contributed by atoms with E-state index in [0.717, 1.165) is 5.39 Å². The van der Waals surface area contributed by atoms with Crippen molar-refractivity contribution in [3.63, 3.8) is 0 Å². The van der Waals surface area contributed by atoms with Gasteiger partial charge in [-0.1, -0.05) is 30.3 Å². The molecule has 0 aliphatic rings. The Hall–Kier alpha value is -4.26. The largest absolute Gasteiger partial charge is 0.497 e. The van der Waals surface area contributed by atoms with Crippen molar-refractivity contribution in [1.82, 2.24) is 9.97 Å². The SMILES string of the molecule is COc1cccc(NC(=O)c2cccc(C(=O)Nc3cccc4cccnc34)n2)c1. The molecular formula is C23H18N4O3. The summed E-state index contributed by atoms with van der Waals surface area (Å²) >= 11 is 0. The number of nitrogens with one attached hydrogen (secondary N) is 2. The van der Waals surface area contributed by atoms with E-state index in [4.69, 9.17) is 4.74 Å². The van der Waals surface area contributed by atoms with Gasteiger partial charge in [0.15, 0.2) is 0 Å². The Kier molecular flexibility index (Phi) is 5.34. The lowest BCUT2D eigenvalue weighted by atomic mass is 10.2. The monoisotopic (exact) mass is 398 g/mol. The number of anilines is 2. The first-order valence-electron chi connectivity index (χ1n) is 9.21. The Morgan fingerprint density at radius 3 is 2.33 bits per heavy atom. The van der Waals surface area contributed by atoms with Crippen molar-refractivity contribution >= 4 is 34.1 Å². The van der Waals surface area contributed by atoms with E-state index in [9.17, 15) is 9.59 Å². The van der Waals surface area contributed by atoms with E-state index in [1.165, 1.54) is 0 Å². The van der Waals surface area contributed by atoms with E-state index >= 15 is 0 Å². The van der Waals surface area contributed by atoms with Gasteiger partial charge in [0.1, 0.15) is 17.1 Å². The summed E-state index contributed by atoms with van der Waals surface area (Å²) in [5.74, 6) is -0.230. The number of hydrogen-bond donors (Lipinski definition) is 2. The highest BCUT2D eigenvalue weighted by molar-refractivity contribution is 6.08. The quantitative estimate of drug-likeness (QED) is 0.527. The second kappa shape index (κ2) is 8.40. The molecule has 0 spiro atoms. The number of amides is 2. The minimum atomic E-state index is -0.427. The van der Waals surface area contributed by atoms with Crippen LogP contribution in [0.15, 0.2) is 79.0 Å². The topological polar surface area (TPSA) is 93.2 Å². The standard InChI is InChI=1S/C23H18N4O3/c1-30-17-9-3-8-16(14-17)25-22(28)19-11-4-12-20(26-19)23(29)27-18-10-2-6-15-7-5-13-24-21(15)18/h2-14H,1H3,(H,25,28)(H,27,29). The van der Waals surface area contributed by atoms with Gasteiger partial charge in [-0.15, -0.1) is 0 Å². The van der Waals surface area contributed by atoms with Gasteiger partial charge in [0.2, 0.25) is 0 Å². The molecule has 0 saturated heterocycles. The number of aromatic nitrogens is 2. The maximum absolute atomic E-state index is 12.7. The average molecular weight is 398 g/mol. The van der Waals surface area contributed by atoms with E-state index in [0.29, 0.717) is 22.6 Å². The molecule has 0 unspecified atom stereocenters. The molecule has 2 N–H and O–H groups in total. The molecule has 2 heterocycles. The number of carbonyl (C=O) groups is 2. The Labute approximate surface area is 172 Å². The van der Waals surface area contributed by atoms with Gasteiger partial charge < -0.3 is 15.4 Å². The van der Waals surface area contributed by atoms with Crippen molar-refractivity contribution in [2.75, 3.05) is 17.7 Å². The van der Waals surface area contributed by atoms with Crippen LogP contribution in [0.4, 0.5) is 11.4 Å². The van der Waals surface area contributed by atoms with Gasteiger partial charge in [-0.2, -0.15) is 0 Å². The molecule has 148 valence electrons. The average Bonchev–Trinajstić information content (AvgIpc) is 2.79. The van der Waals surface area contributed by atoms with Crippen molar-refractivity contribution < 1.29 is 14.3 Å². The number of benzene rings is 2. The van der Waals surface area contributed by atoms with E-state index in [2.05, 4.69) is 20.6 Å². The van der Waals surface area contributed by atoms with Crippen molar-refractivity contribution in [3.05, 3.63) is 90.4 Å². The highest BCUT2D eigenvalue weighted by Crippen LogP contribution is 2.21. The van der Waals surface area contributed by atoms with E-state index in [-0.39, 0.29) is 11.4 Å². The molecule has 0 fully saturated rings. The van der Waals surface area contributed by atoms with Gasteiger partial charge in [0.05, 0.1) is 18.3 Å². The van der Waals surface area contributed by atoms with E-state index < -0.39 is 11.8 Å². The second-order valence-electron chi connectivity index (χ2n) is 6.43. The minimum absolute atomic E-state index is 0.126. The van der Waals surface area contributed by atoms with Crippen LogP contribution >= 0.6 is 0 Å². The number of pyridine rings is 2. The Balaban J connectivity index is 1.53. The zero-order valence-electron chi connectivity index (χ0n) is 16.1. The van der Waals surface area contributed by atoms with Crippen LogP contribution < -0.4 is 15.4 Å². The van der Waals surface area contributed by atoms with Crippen LogP contribution in [0.2, 0.25) is 0 Å². The normalized spacial score (nSPS) is 10.4. The predicted molar refractivity (Wildman–Crippen MR) is 115 cm³/mol. The van der Waals surface area contributed by atoms with Crippen molar-refractivity contribution in [1.29, 1.82) is 0 Å². The second-order valence-corrected chi connectivity index (χ2v) is 6.43. The number of carbonyl (C=O) groups excluding carboxylic acids is 2. The number of rotatable bonds is 5. The molecule has 0 radical (unpaired) electrons.